The number of rotatable bonds is 3. The first-order valence-electron chi connectivity index (χ1n) is 8.30. The summed E-state index contributed by atoms with van der Waals surface area (Å²) in [5, 5.41) is 0. The van der Waals surface area contributed by atoms with Gasteiger partial charge in [0.15, 0.2) is 12.0 Å². The average Bonchev–Trinajstić information content (AvgIpc) is 3.10. The molecule has 1 aliphatic heterocycles. The number of hydrogen-bond donors (Lipinski definition) is 0. The minimum absolute atomic E-state index is 0.0760. The van der Waals surface area contributed by atoms with Crippen LogP contribution in [0.3, 0.4) is 0 Å². The molecular formula is C19H18FN3O2. The number of piperazine rings is 1. The lowest BCUT2D eigenvalue weighted by molar-refractivity contribution is -0.130. The van der Waals surface area contributed by atoms with E-state index in [0.717, 1.165) is 11.1 Å². The van der Waals surface area contributed by atoms with Gasteiger partial charge in [0.05, 0.1) is 12.1 Å². The Balaban J connectivity index is 1.38. The van der Waals surface area contributed by atoms with Crippen LogP contribution in [0.5, 0.6) is 0 Å². The number of carbonyl (C=O) groups excluding carboxylic acids is 1. The number of para-hydroxylation sites is 1. The van der Waals surface area contributed by atoms with E-state index < -0.39 is 0 Å². The SMILES string of the molecule is O=C(Cc1ccc2ncoc2c1)N1CCN(c2ccccc2F)CC1. The van der Waals surface area contributed by atoms with Crippen LogP contribution in [-0.4, -0.2) is 42.0 Å². The summed E-state index contributed by atoms with van der Waals surface area (Å²) in [6, 6.07) is 12.4. The number of hydrogen-bond acceptors (Lipinski definition) is 4. The van der Waals surface area contributed by atoms with Gasteiger partial charge in [-0.05, 0) is 29.8 Å². The van der Waals surface area contributed by atoms with Gasteiger partial charge in [0, 0.05) is 26.2 Å². The summed E-state index contributed by atoms with van der Waals surface area (Å²) in [5.74, 6) is -0.144. The van der Waals surface area contributed by atoms with Gasteiger partial charge in [-0.25, -0.2) is 9.37 Å². The van der Waals surface area contributed by atoms with Crippen LogP contribution >= 0.6 is 0 Å². The minimum atomic E-state index is -0.220. The first-order chi connectivity index (χ1) is 12.2. The maximum atomic E-state index is 13.9. The van der Waals surface area contributed by atoms with Gasteiger partial charge in [-0.15, -0.1) is 0 Å². The fourth-order valence-electron chi connectivity index (χ4n) is 3.20. The molecule has 1 aliphatic rings. The van der Waals surface area contributed by atoms with Crippen molar-refractivity contribution in [2.24, 2.45) is 0 Å². The zero-order valence-electron chi connectivity index (χ0n) is 13.7. The van der Waals surface area contributed by atoms with Crippen molar-refractivity contribution in [1.29, 1.82) is 0 Å². The van der Waals surface area contributed by atoms with Gasteiger partial charge < -0.3 is 14.2 Å². The molecule has 3 aromatic rings. The van der Waals surface area contributed by atoms with E-state index >= 15 is 0 Å². The summed E-state index contributed by atoms with van der Waals surface area (Å²) in [5.41, 5.74) is 2.99. The van der Waals surface area contributed by atoms with E-state index in [2.05, 4.69) is 4.98 Å². The molecule has 0 N–H and O–H groups in total. The normalized spacial score (nSPS) is 14.9. The monoisotopic (exact) mass is 339 g/mol. The second kappa shape index (κ2) is 6.55. The molecule has 2 aromatic carbocycles. The molecule has 2 heterocycles. The van der Waals surface area contributed by atoms with Gasteiger partial charge in [0.1, 0.15) is 11.3 Å². The van der Waals surface area contributed by atoms with Gasteiger partial charge >= 0.3 is 0 Å². The van der Waals surface area contributed by atoms with E-state index in [1.54, 1.807) is 12.1 Å². The molecule has 1 amide bonds. The maximum absolute atomic E-state index is 13.9. The molecule has 1 saturated heterocycles. The van der Waals surface area contributed by atoms with E-state index in [1.165, 1.54) is 12.5 Å². The van der Waals surface area contributed by atoms with Crippen molar-refractivity contribution in [2.45, 2.75) is 6.42 Å². The Labute approximate surface area is 144 Å². The van der Waals surface area contributed by atoms with Crippen LogP contribution in [0.15, 0.2) is 53.3 Å². The van der Waals surface area contributed by atoms with Gasteiger partial charge in [-0.2, -0.15) is 0 Å². The molecule has 1 fully saturated rings. The molecule has 0 aliphatic carbocycles. The summed E-state index contributed by atoms with van der Waals surface area (Å²) < 4.78 is 19.2. The van der Waals surface area contributed by atoms with Crippen LogP contribution < -0.4 is 4.90 Å². The molecule has 0 atom stereocenters. The van der Waals surface area contributed by atoms with Crippen LogP contribution in [0.2, 0.25) is 0 Å². The molecule has 5 nitrogen and oxygen atoms in total. The van der Waals surface area contributed by atoms with Gasteiger partial charge in [0.2, 0.25) is 5.91 Å². The average molecular weight is 339 g/mol. The lowest BCUT2D eigenvalue weighted by Gasteiger charge is -2.36. The smallest absolute Gasteiger partial charge is 0.227 e. The fraction of sp³-hybridized carbons (Fsp3) is 0.263. The third-order valence-corrected chi connectivity index (χ3v) is 4.58. The number of amides is 1. The minimum Gasteiger partial charge on any atom is -0.443 e. The molecule has 0 radical (unpaired) electrons. The molecule has 0 saturated carbocycles. The number of fused-ring (bicyclic) bond motifs is 1. The third kappa shape index (κ3) is 3.20. The van der Waals surface area contributed by atoms with Crippen molar-refractivity contribution in [3.8, 4) is 0 Å². The van der Waals surface area contributed by atoms with Gasteiger partial charge in [-0.1, -0.05) is 18.2 Å². The summed E-state index contributed by atoms with van der Waals surface area (Å²) in [4.78, 5) is 20.4. The topological polar surface area (TPSA) is 49.6 Å². The van der Waals surface area contributed by atoms with Crippen molar-refractivity contribution < 1.29 is 13.6 Å². The van der Waals surface area contributed by atoms with Crippen molar-refractivity contribution in [2.75, 3.05) is 31.1 Å². The third-order valence-electron chi connectivity index (χ3n) is 4.58. The molecule has 0 bridgehead atoms. The second-order valence-corrected chi connectivity index (χ2v) is 6.15. The standard InChI is InChI=1S/C19H18FN3O2/c20-15-3-1-2-4-17(15)22-7-9-23(10-8-22)19(24)12-14-5-6-16-18(11-14)25-13-21-16/h1-6,11,13H,7-10,12H2. The van der Waals surface area contributed by atoms with E-state index in [-0.39, 0.29) is 11.7 Å². The van der Waals surface area contributed by atoms with E-state index in [9.17, 15) is 9.18 Å². The quantitative estimate of drug-likeness (QED) is 0.736. The largest absolute Gasteiger partial charge is 0.443 e. The highest BCUT2D eigenvalue weighted by Crippen LogP contribution is 2.21. The highest BCUT2D eigenvalue weighted by Gasteiger charge is 2.22. The van der Waals surface area contributed by atoms with Crippen molar-refractivity contribution >= 4 is 22.7 Å². The highest BCUT2D eigenvalue weighted by molar-refractivity contribution is 5.81. The van der Waals surface area contributed by atoms with Crippen molar-refractivity contribution in [3.63, 3.8) is 0 Å². The second-order valence-electron chi connectivity index (χ2n) is 6.15. The van der Waals surface area contributed by atoms with Crippen molar-refractivity contribution in [3.05, 3.63) is 60.2 Å². The van der Waals surface area contributed by atoms with Crippen LogP contribution in [0.25, 0.3) is 11.1 Å². The van der Waals surface area contributed by atoms with Crippen LogP contribution in [-0.2, 0) is 11.2 Å². The molecule has 1 aromatic heterocycles. The number of nitrogens with zero attached hydrogens (tertiary/aromatic N) is 3. The zero-order valence-corrected chi connectivity index (χ0v) is 13.7. The van der Waals surface area contributed by atoms with E-state index in [4.69, 9.17) is 4.42 Å². The molecule has 128 valence electrons. The van der Waals surface area contributed by atoms with Crippen LogP contribution in [0, 0.1) is 5.82 Å². The molecule has 0 spiro atoms. The summed E-state index contributed by atoms with van der Waals surface area (Å²) in [6.07, 6.45) is 1.73. The lowest BCUT2D eigenvalue weighted by Crippen LogP contribution is -2.49. The number of benzene rings is 2. The highest BCUT2D eigenvalue weighted by atomic mass is 19.1. The summed E-state index contributed by atoms with van der Waals surface area (Å²) >= 11 is 0. The first kappa shape index (κ1) is 15.6. The molecular weight excluding hydrogens is 321 g/mol. The zero-order chi connectivity index (χ0) is 17.2. The molecule has 6 heteroatoms. The van der Waals surface area contributed by atoms with Crippen LogP contribution in [0.4, 0.5) is 10.1 Å². The predicted molar refractivity (Wildman–Crippen MR) is 92.9 cm³/mol. The van der Waals surface area contributed by atoms with Crippen LogP contribution in [0.1, 0.15) is 5.56 Å². The molecule has 4 rings (SSSR count). The number of aromatic nitrogens is 1. The number of carbonyl (C=O) groups is 1. The number of oxazole rings is 1. The van der Waals surface area contributed by atoms with Gasteiger partial charge in [0.25, 0.3) is 0 Å². The van der Waals surface area contributed by atoms with Crippen molar-refractivity contribution in [1.82, 2.24) is 9.88 Å². The number of anilines is 1. The lowest BCUT2D eigenvalue weighted by atomic mass is 10.1. The first-order valence-corrected chi connectivity index (χ1v) is 8.30. The Morgan fingerprint density at radius 3 is 2.72 bits per heavy atom. The van der Waals surface area contributed by atoms with E-state index in [1.807, 2.05) is 34.1 Å². The predicted octanol–water partition coefficient (Wildman–Crippen LogP) is 2.86. The molecule has 0 unspecified atom stereocenters. The fourth-order valence-corrected chi connectivity index (χ4v) is 3.20. The molecule has 25 heavy (non-hydrogen) atoms. The number of halogens is 1. The Morgan fingerprint density at radius 1 is 1.12 bits per heavy atom. The summed E-state index contributed by atoms with van der Waals surface area (Å²) in [6.45, 7) is 2.46. The van der Waals surface area contributed by atoms with Gasteiger partial charge in [-0.3, -0.25) is 4.79 Å². The summed E-state index contributed by atoms with van der Waals surface area (Å²) in [7, 11) is 0. The maximum Gasteiger partial charge on any atom is 0.227 e. The Hall–Kier alpha value is -2.89. The Morgan fingerprint density at radius 2 is 1.92 bits per heavy atom. The van der Waals surface area contributed by atoms with E-state index in [0.29, 0.717) is 43.9 Å². The Kier molecular flexibility index (Phi) is 4.09. The Bertz CT molecular complexity index is 900.